The highest BCUT2D eigenvalue weighted by molar-refractivity contribution is 5.53. The van der Waals surface area contributed by atoms with Gasteiger partial charge in [-0.3, -0.25) is 15.0 Å². The molecule has 138 valence electrons. The van der Waals surface area contributed by atoms with E-state index in [1.165, 1.54) is 31.5 Å². The van der Waals surface area contributed by atoms with Gasteiger partial charge in [-0.15, -0.1) is 0 Å². The normalized spacial score (nSPS) is 15.7. The van der Waals surface area contributed by atoms with Crippen molar-refractivity contribution in [3.05, 3.63) is 51.7 Å². The molecule has 1 aromatic carbocycles. The predicted molar refractivity (Wildman–Crippen MR) is 101 cm³/mol. The molecule has 0 spiro atoms. The number of nitrogen functional groups attached to an aromatic ring is 1. The Labute approximate surface area is 152 Å². The maximum absolute atomic E-state index is 10.7. The van der Waals surface area contributed by atoms with Gasteiger partial charge >= 0.3 is 5.69 Å². The lowest BCUT2D eigenvalue weighted by atomic mass is 9.99. The van der Waals surface area contributed by atoms with Crippen LogP contribution >= 0.6 is 0 Å². The second-order valence-corrected chi connectivity index (χ2v) is 6.85. The van der Waals surface area contributed by atoms with E-state index in [0.29, 0.717) is 6.54 Å². The van der Waals surface area contributed by atoms with Crippen LogP contribution in [0.1, 0.15) is 30.9 Å². The Hall–Kier alpha value is -2.74. The van der Waals surface area contributed by atoms with Crippen LogP contribution in [0.15, 0.2) is 30.5 Å². The number of likely N-dealkylation sites (tertiary alicyclic amines) is 1. The zero-order valence-corrected chi connectivity index (χ0v) is 14.9. The molecule has 2 aromatic rings. The molecule has 1 aromatic heterocycles. The summed E-state index contributed by atoms with van der Waals surface area (Å²) in [7, 11) is 0. The summed E-state index contributed by atoms with van der Waals surface area (Å²) in [6.07, 6.45) is 3.67. The van der Waals surface area contributed by atoms with Gasteiger partial charge in [-0.2, -0.15) is 4.98 Å². The third-order valence-corrected chi connectivity index (χ3v) is 4.75. The van der Waals surface area contributed by atoms with Gasteiger partial charge in [0.2, 0.25) is 11.8 Å². The van der Waals surface area contributed by atoms with Gasteiger partial charge in [-0.25, -0.2) is 4.98 Å². The summed E-state index contributed by atoms with van der Waals surface area (Å²) in [6.45, 7) is 6.18. The van der Waals surface area contributed by atoms with Crippen LogP contribution in [0.4, 0.5) is 17.5 Å². The lowest BCUT2D eigenvalue weighted by molar-refractivity contribution is -0.384. The summed E-state index contributed by atoms with van der Waals surface area (Å²) < 4.78 is 0. The Morgan fingerprint density at radius 3 is 2.54 bits per heavy atom. The molecule has 0 aliphatic carbocycles. The highest BCUT2D eigenvalue weighted by atomic mass is 16.6. The number of anilines is 2. The zero-order chi connectivity index (χ0) is 18.5. The SMILES string of the molecule is CC1CCN(Cc2ccc(CNc3ncc([N+](=O)[O-])c(N)n3)cc2)CC1. The van der Waals surface area contributed by atoms with E-state index in [2.05, 4.69) is 51.4 Å². The van der Waals surface area contributed by atoms with E-state index in [1.807, 2.05) is 0 Å². The molecule has 1 aliphatic rings. The van der Waals surface area contributed by atoms with Crippen molar-refractivity contribution in [1.29, 1.82) is 0 Å². The molecule has 0 saturated carbocycles. The number of nitrogens with zero attached hydrogens (tertiary/aromatic N) is 4. The van der Waals surface area contributed by atoms with Crippen LogP contribution in [0.2, 0.25) is 0 Å². The molecule has 0 unspecified atom stereocenters. The molecule has 2 heterocycles. The number of hydrogen-bond acceptors (Lipinski definition) is 7. The summed E-state index contributed by atoms with van der Waals surface area (Å²) in [5, 5.41) is 13.8. The average Bonchev–Trinajstić information content (AvgIpc) is 2.63. The van der Waals surface area contributed by atoms with Crippen molar-refractivity contribution >= 4 is 17.5 Å². The number of nitrogens with two attached hydrogens (primary N) is 1. The van der Waals surface area contributed by atoms with Gasteiger partial charge in [0.05, 0.1) is 4.92 Å². The molecule has 3 N–H and O–H groups in total. The van der Waals surface area contributed by atoms with Gasteiger partial charge in [0, 0.05) is 13.1 Å². The largest absolute Gasteiger partial charge is 0.378 e. The zero-order valence-electron chi connectivity index (χ0n) is 14.9. The number of nitrogens with one attached hydrogen (secondary N) is 1. The maximum atomic E-state index is 10.7. The second kappa shape index (κ2) is 8.09. The molecule has 0 amide bonds. The summed E-state index contributed by atoms with van der Waals surface area (Å²) >= 11 is 0. The van der Waals surface area contributed by atoms with Crippen molar-refractivity contribution in [3.63, 3.8) is 0 Å². The van der Waals surface area contributed by atoms with Gasteiger partial charge < -0.3 is 11.1 Å². The summed E-state index contributed by atoms with van der Waals surface area (Å²) in [4.78, 5) is 20.5. The predicted octanol–water partition coefficient (Wildman–Crippen LogP) is 2.81. The fraction of sp³-hybridized carbons (Fsp3) is 0.444. The van der Waals surface area contributed by atoms with Crippen molar-refractivity contribution in [2.45, 2.75) is 32.9 Å². The number of nitro groups is 1. The average molecular weight is 356 g/mol. The molecule has 8 heteroatoms. The fourth-order valence-corrected chi connectivity index (χ4v) is 3.04. The van der Waals surface area contributed by atoms with Crippen LogP contribution in [0.25, 0.3) is 0 Å². The van der Waals surface area contributed by atoms with E-state index in [9.17, 15) is 10.1 Å². The van der Waals surface area contributed by atoms with Crippen molar-refractivity contribution in [2.75, 3.05) is 24.1 Å². The first-order valence-corrected chi connectivity index (χ1v) is 8.82. The Morgan fingerprint density at radius 1 is 1.27 bits per heavy atom. The molecule has 0 radical (unpaired) electrons. The summed E-state index contributed by atoms with van der Waals surface area (Å²) in [5.74, 6) is 0.980. The number of benzene rings is 1. The summed E-state index contributed by atoms with van der Waals surface area (Å²) in [6, 6.07) is 8.42. The summed E-state index contributed by atoms with van der Waals surface area (Å²) in [5.41, 5.74) is 7.68. The quantitative estimate of drug-likeness (QED) is 0.605. The number of rotatable bonds is 6. The van der Waals surface area contributed by atoms with E-state index in [1.54, 1.807) is 0 Å². The second-order valence-electron chi connectivity index (χ2n) is 6.85. The molecule has 8 nitrogen and oxygen atoms in total. The monoisotopic (exact) mass is 356 g/mol. The first-order valence-electron chi connectivity index (χ1n) is 8.82. The van der Waals surface area contributed by atoms with E-state index in [4.69, 9.17) is 5.73 Å². The van der Waals surface area contributed by atoms with E-state index in [0.717, 1.165) is 24.2 Å². The fourth-order valence-electron chi connectivity index (χ4n) is 3.04. The molecule has 0 atom stereocenters. The Morgan fingerprint density at radius 2 is 1.92 bits per heavy atom. The van der Waals surface area contributed by atoms with Gasteiger partial charge in [0.25, 0.3) is 0 Å². The third kappa shape index (κ3) is 4.66. The standard InChI is InChI=1S/C18H24N6O2/c1-13-6-8-23(9-7-13)12-15-4-2-14(3-5-15)10-20-18-21-11-16(24(25)26)17(19)22-18/h2-5,11,13H,6-10,12H2,1H3,(H3,19,20,21,22). The maximum Gasteiger partial charge on any atom is 0.329 e. The van der Waals surface area contributed by atoms with Crippen molar-refractivity contribution < 1.29 is 4.92 Å². The van der Waals surface area contributed by atoms with Gasteiger partial charge in [-0.1, -0.05) is 31.2 Å². The van der Waals surface area contributed by atoms with Crippen LogP contribution in [0.5, 0.6) is 0 Å². The van der Waals surface area contributed by atoms with Gasteiger partial charge in [0.15, 0.2) is 0 Å². The lowest BCUT2D eigenvalue weighted by Crippen LogP contribution is -2.32. The molecule has 1 fully saturated rings. The molecular weight excluding hydrogens is 332 g/mol. The Balaban J connectivity index is 1.53. The molecule has 3 rings (SSSR count). The Bertz CT molecular complexity index is 757. The Kier molecular flexibility index (Phi) is 5.62. The van der Waals surface area contributed by atoms with Crippen LogP contribution in [-0.2, 0) is 13.1 Å². The number of piperidine rings is 1. The van der Waals surface area contributed by atoms with Crippen molar-refractivity contribution in [1.82, 2.24) is 14.9 Å². The highest BCUT2D eigenvalue weighted by Gasteiger charge is 2.16. The molecular formula is C18H24N6O2. The van der Waals surface area contributed by atoms with E-state index < -0.39 is 4.92 Å². The first kappa shape index (κ1) is 18.1. The van der Waals surface area contributed by atoms with Crippen LogP contribution in [0, 0.1) is 16.0 Å². The first-order chi connectivity index (χ1) is 12.5. The van der Waals surface area contributed by atoms with Crippen LogP contribution in [-0.4, -0.2) is 32.9 Å². The van der Waals surface area contributed by atoms with E-state index in [-0.39, 0.29) is 17.5 Å². The smallest absolute Gasteiger partial charge is 0.329 e. The minimum atomic E-state index is -0.596. The van der Waals surface area contributed by atoms with Gasteiger partial charge in [0.1, 0.15) is 6.20 Å². The highest BCUT2D eigenvalue weighted by Crippen LogP contribution is 2.20. The lowest BCUT2D eigenvalue weighted by Gasteiger charge is -2.30. The topological polar surface area (TPSA) is 110 Å². The molecule has 1 aliphatic heterocycles. The third-order valence-electron chi connectivity index (χ3n) is 4.75. The number of hydrogen-bond donors (Lipinski definition) is 2. The van der Waals surface area contributed by atoms with Gasteiger partial charge in [-0.05, 0) is 43.0 Å². The van der Waals surface area contributed by atoms with Crippen LogP contribution < -0.4 is 11.1 Å². The van der Waals surface area contributed by atoms with Crippen molar-refractivity contribution in [2.24, 2.45) is 5.92 Å². The molecule has 1 saturated heterocycles. The molecule has 26 heavy (non-hydrogen) atoms. The number of aromatic nitrogens is 2. The molecule has 0 bridgehead atoms. The minimum Gasteiger partial charge on any atom is -0.378 e. The van der Waals surface area contributed by atoms with Crippen molar-refractivity contribution in [3.8, 4) is 0 Å². The minimum absolute atomic E-state index is 0.140. The van der Waals surface area contributed by atoms with E-state index >= 15 is 0 Å². The van der Waals surface area contributed by atoms with Crippen LogP contribution in [0.3, 0.4) is 0 Å².